The number of amides is 1. The highest BCUT2D eigenvalue weighted by atomic mass is 16.2. The molecular formula is C27H47NO. The molecule has 0 N–H and O–H groups in total. The van der Waals surface area contributed by atoms with Crippen LogP contribution in [0.3, 0.4) is 0 Å². The van der Waals surface area contributed by atoms with E-state index in [4.69, 9.17) is 0 Å². The highest BCUT2D eigenvalue weighted by Crippen LogP contribution is 2.13. The van der Waals surface area contributed by atoms with Crippen molar-refractivity contribution in [2.75, 3.05) is 13.1 Å². The number of unbranched alkanes of at least 4 members (excludes halogenated alkanes) is 13. The molecule has 2 heteroatoms. The first-order valence-electron chi connectivity index (χ1n) is 12.6. The molecular weight excluding hydrogens is 354 g/mol. The van der Waals surface area contributed by atoms with Gasteiger partial charge in [-0.05, 0) is 25.3 Å². The highest BCUT2D eigenvalue weighted by molar-refractivity contribution is 5.76. The third kappa shape index (κ3) is 14.3. The lowest BCUT2D eigenvalue weighted by atomic mass is 10.0. The minimum Gasteiger partial charge on any atom is -0.343 e. The zero-order valence-corrected chi connectivity index (χ0v) is 19.5. The molecule has 0 aliphatic carbocycles. The van der Waals surface area contributed by atoms with Crippen molar-refractivity contribution < 1.29 is 4.79 Å². The number of carbonyl (C=O) groups excluding carboxylic acids is 1. The van der Waals surface area contributed by atoms with Gasteiger partial charge in [0.05, 0.1) is 0 Å². The van der Waals surface area contributed by atoms with Gasteiger partial charge in [-0.15, -0.1) is 0 Å². The Labute approximate surface area is 181 Å². The van der Waals surface area contributed by atoms with Gasteiger partial charge >= 0.3 is 0 Å². The minimum absolute atomic E-state index is 0.311. The van der Waals surface area contributed by atoms with Gasteiger partial charge in [-0.2, -0.15) is 0 Å². The molecule has 0 saturated carbocycles. The van der Waals surface area contributed by atoms with Crippen LogP contribution in [0.4, 0.5) is 0 Å². The maximum absolute atomic E-state index is 12.4. The summed E-state index contributed by atoms with van der Waals surface area (Å²) < 4.78 is 0. The molecule has 1 aromatic rings. The van der Waals surface area contributed by atoms with Gasteiger partial charge in [0.25, 0.3) is 0 Å². The Bertz CT molecular complexity index is 485. The smallest absolute Gasteiger partial charge is 0.222 e. The van der Waals surface area contributed by atoms with Crippen molar-refractivity contribution in [2.45, 2.75) is 117 Å². The largest absolute Gasteiger partial charge is 0.343 e. The van der Waals surface area contributed by atoms with Crippen LogP contribution in [0.15, 0.2) is 30.3 Å². The van der Waals surface area contributed by atoms with Crippen LogP contribution in [-0.4, -0.2) is 23.9 Å². The fourth-order valence-electron chi connectivity index (χ4n) is 4.01. The minimum atomic E-state index is 0.311. The van der Waals surface area contributed by atoms with Crippen LogP contribution in [0, 0.1) is 0 Å². The molecule has 0 unspecified atom stereocenters. The molecule has 0 bridgehead atoms. The van der Waals surface area contributed by atoms with Gasteiger partial charge in [-0.3, -0.25) is 4.79 Å². The van der Waals surface area contributed by atoms with E-state index in [1.165, 1.54) is 89.0 Å². The van der Waals surface area contributed by atoms with E-state index in [1.54, 1.807) is 0 Å². The molecule has 166 valence electrons. The van der Waals surface area contributed by atoms with Crippen molar-refractivity contribution in [3.05, 3.63) is 35.9 Å². The van der Waals surface area contributed by atoms with Gasteiger partial charge in [-0.25, -0.2) is 0 Å². The molecule has 0 aliphatic rings. The third-order valence-electron chi connectivity index (χ3n) is 5.99. The molecule has 2 nitrogen and oxygen atoms in total. The van der Waals surface area contributed by atoms with E-state index < -0.39 is 0 Å². The molecule has 1 amide bonds. The Kier molecular flexibility index (Phi) is 16.6. The second-order valence-electron chi connectivity index (χ2n) is 8.56. The van der Waals surface area contributed by atoms with Crippen LogP contribution in [0.1, 0.15) is 116 Å². The van der Waals surface area contributed by atoms with Crippen LogP contribution in [-0.2, 0) is 11.2 Å². The second kappa shape index (κ2) is 18.7. The first kappa shape index (κ1) is 25.7. The number of aryl methyl sites for hydroxylation is 1. The average Bonchev–Trinajstić information content (AvgIpc) is 2.75. The summed E-state index contributed by atoms with van der Waals surface area (Å²) in [7, 11) is 0. The maximum Gasteiger partial charge on any atom is 0.222 e. The number of hydrogen-bond acceptors (Lipinski definition) is 1. The fourth-order valence-corrected chi connectivity index (χ4v) is 4.01. The van der Waals surface area contributed by atoms with E-state index in [1.807, 2.05) is 23.1 Å². The van der Waals surface area contributed by atoms with Crippen molar-refractivity contribution in [2.24, 2.45) is 0 Å². The highest BCUT2D eigenvalue weighted by Gasteiger charge is 2.11. The molecule has 29 heavy (non-hydrogen) atoms. The van der Waals surface area contributed by atoms with Crippen molar-refractivity contribution in [3.63, 3.8) is 0 Å². The summed E-state index contributed by atoms with van der Waals surface area (Å²) in [6.07, 6.45) is 20.8. The van der Waals surface area contributed by atoms with Crippen molar-refractivity contribution in [1.29, 1.82) is 0 Å². The topological polar surface area (TPSA) is 20.3 Å². The monoisotopic (exact) mass is 401 g/mol. The lowest BCUT2D eigenvalue weighted by Crippen LogP contribution is -2.31. The summed E-state index contributed by atoms with van der Waals surface area (Å²) in [4.78, 5) is 14.5. The SMILES string of the molecule is CCCCCCCCCCCCCCCCN(CC)C(=O)CCc1ccccc1. The Morgan fingerprint density at radius 3 is 1.66 bits per heavy atom. The van der Waals surface area contributed by atoms with Gasteiger partial charge in [0.1, 0.15) is 0 Å². The first-order valence-corrected chi connectivity index (χ1v) is 12.6. The summed E-state index contributed by atoms with van der Waals surface area (Å²) >= 11 is 0. The fraction of sp³-hybridized carbons (Fsp3) is 0.741. The molecule has 0 fully saturated rings. The molecule has 1 rings (SSSR count). The number of carbonyl (C=O) groups is 1. The van der Waals surface area contributed by atoms with Gasteiger partial charge in [0.15, 0.2) is 0 Å². The first-order chi connectivity index (χ1) is 14.3. The van der Waals surface area contributed by atoms with E-state index in [9.17, 15) is 4.79 Å². The van der Waals surface area contributed by atoms with E-state index in [0.29, 0.717) is 12.3 Å². The molecule has 0 atom stereocenters. The molecule has 0 heterocycles. The predicted octanol–water partition coefficient (Wildman–Crippen LogP) is 7.95. The van der Waals surface area contributed by atoms with Crippen LogP contribution in [0.2, 0.25) is 0 Å². The average molecular weight is 402 g/mol. The summed E-state index contributed by atoms with van der Waals surface area (Å²) in [6, 6.07) is 10.3. The van der Waals surface area contributed by atoms with Crippen LogP contribution >= 0.6 is 0 Å². The Morgan fingerprint density at radius 1 is 0.690 bits per heavy atom. The van der Waals surface area contributed by atoms with Crippen molar-refractivity contribution in [1.82, 2.24) is 4.90 Å². The molecule has 1 aromatic carbocycles. The number of rotatable bonds is 19. The molecule has 0 spiro atoms. The normalized spacial score (nSPS) is 11.0. The lowest BCUT2D eigenvalue weighted by Gasteiger charge is -2.21. The maximum atomic E-state index is 12.4. The van der Waals surface area contributed by atoms with Crippen LogP contribution in [0.25, 0.3) is 0 Å². The van der Waals surface area contributed by atoms with E-state index >= 15 is 0 Å². The third-order valence-corrected chi connectivity index (χ3v) is 5.99. The van der Waals surface area contributed by atoms with Gasteiger partial charge in [0.2, 0.25) is 5.91 Å². The zero-order chi connectivity index (χ0) is 21.0. The summed E-state index contributed by atoms with van der Waals surface area (Å²) in [5, 5.41) is 0. The Hall–Kier alpha value is -1.31. The second-order valence-corrected chi connectivity index (χ2v) is 8.56. The number of benzene rings is 1. The molecule has 0 radical (unpaired) electrons. The Balaban J connectivity index is 1.92. The Morgan fingerprint density at radius 2 is 1.17 bits per heavy atom. The summed E-state index contributed by atoms with van der Waals surface area (Å²) in [5.74, 6) is 0.311. The molecule has 0 aliphatic heterocycles. The number of hydrogen-bond donors (Lipinski definition) is 0. The lowest BCUT2D eigenvalue weighted by molar-refractivity contribution is -0.131. The van der Waals surface area contributed by atoms with E-state index in [0.717, 1.165) is 25.9 Å². The molecule has 0 saturated heterocycles. The molecule has 0 aromatic heterocycles. The summed E-state index contributed by atoms with van der Waals surface area (Å²) in [6.45, 7) is 6.16. The van der Waals surface area contributed by atoms with Gasteiger partial charge < -0.3 is 4.90 Å². The van der Waals surface area contributed by atoms with Crippen molar-refractivity contribution >= 4 is 5.91 Å². The standard InChI is InChI=1S/C27H47NO/c1-3-5-6-7-8-9-10-11-12-13-14-15-16-20-25-28(4-2)27(29)24-23-26-21-18-17-19-22-26/h17-19,21-22H,3-16,20,23-25H2,1-2H3. The van der Waals surface area contributed by atoms with Crippen LogP contribution in [0.5, 0.6) is 0 Å². The van der Waals surface area contributed by atoms with Crippen LogP contribution < -0.4 is 0 Å². The van der Waals surface area contributed by atoms with Gasteiger partial charge in [-0.1, -0.05) is 121 Å². The zero-order valence-electron chi connectivity index (χ0n) is 19.5. The van der Waals surface area contributed by atoms with Crippen molar-refractivity contribution in [3.8, 4) is 0 Å². The predicted molar refractivity (Wildman–Crippen MR) is 127 cm³/mol. The number of nitrogens with zero attached hydrogens (tertiary/aromatic N) is 1. The van der Waals surface area contributed by atoms with E-state index in [-0.39, 0.29) is 0 Å². The van der Waals surface area contributed by atoms with E-state index in [2.05, 4.69) is 26.0 Å². The van der Waals surface area contributed by atoms with Gasteiger partial charge in [0, 0.05) is 19.5 Å². The quantitative estimate of drug-likeness (QED) is 0.215. The summed E-state index contributed by atoms with van der Waals surface area (Å²) in [5.41, 5.74) is 1.26.